The highest BCUT2D eigenvalue weighted by molar-refractivity contribution is 7.22. The second-order valence-corrected chi connectivity index (χ2v) is 8.75. The first-order chi connectivity index (χ1) is 14.9. The number of hydrogen-bond donors (Lipinski definition) is 1. The molecule has 0 unspecified atom stereocenters. The van der Waals surface area contributed by atoms with E-state index in [1.807, 2.05) is 32.0 Å². The van der Waals surface area contributed by atoms with Crippen LogP contribution in [0.4, 0.5) is 5.13 Å². The minimum absolute atomic E-state index is 0.103. The number of amides is 1. The van der Waals surface area contributed by atoms with E-state index in [4.69, 9.17) is 9.47 Å². The molecule has 0 aliphatic heterocycles. The largest absolute Gasteiger partial charge is 0.483 e. The predicted molar refractivity (Wildman–Crippen MR) is 124 cm³/mol. The van der Waals surface area contributed by atoms with Crippen molar-refractivity contribution in [1.29, 1.82) is 0 Å². The molecule has 0 aliphatic carbocycles. The maximum absolute atomic E-state index is 12.4. The highest BCUT2D eigenvalue weighted by atomic mass is 32.1. The zero-order chi connectivity index (χ0) is 22.4. The number of anilines is 1. The third-order valence-corrected chi connectivity index (χ3v) is 5.68. The molecule has 1 heterocycles. The van der Waals surface area contributed by atoms with Crippen LogP contribution in [0.15, 0.2) is 36.4 Å². The number of carbonyl (C=O) groups is 2. The average molecular weight is 441 g/mol. The summed E-state index contributed by atoms with van der Waals surface area (Å²) in [5, 5.41) is 3.25. The summed E-state index contributed by atoms with van der Waals surface area (Å²) < 4.78 is 11.9. The number of unbranched alkanes of at least 4 members (excludes halogenated alkanes) is 1. The minimum Gasteiger partial charge on any atom is -0.483 e. The van der Waals surface area contributed by atoms with Crippen molar-refractivity contribution in [2.75, 3.05) is 18.5 Å². The highest BCUT2D eigenvalue weighted by Crippen LogP contribution is 2.29. The molecule has 1 aromatic heterocycles. The van der Waals surface area contributed by atoms with Crippen molar-refractivity contribution in [2.45, 2.75) is 46.5 Å². The van der Waals surface area contributed by atoms with Gasteiger partial charge in [-0.15, -0.1) is 0 Å². The fraction of sp³-hybridized carbons (Fsp3) is 0.375. The van der Waals surface area contributed by atoms with E-state index in [1.54, 1.807) is 18.2 Å². The highest BCUT2D eigenvalue weighted by Gasteiger charge is 2.14. The zero-order valence-corrected chi connectivity index (χ0v) is 19.2. The SMILES string of the molecule is CCCCOC(=O)c1ccc2nc(NC(=O)COc3cc(C)ccc3C(C)C)sc2c1. The number of nitrogens with one attached hydrogen (secondary N) is 1. The average Bonchev–Trinajstić information content (AvgIpc) is 3.13. The Bertz CT molecular complexity index is 1070. The first-order valence-electron chi connectivity index (χ1n) is 10.5. The molecule has 0 saturated heterocycles. The summed E-state index contributed by atoms with van der Waals surface area (Å²) in [6.07, 6.45) is 1.81. The van der Waals surface area contributed by atoms with E-state index in [9.17, 15) is 9.59 Å². The third-order valence-electron chi connectivity index (χ3n) is 4.75. The molecule has 0 fully saturated rings. The van der Waals surface area contributed by atoms with Gasteiger partial charge in [-0.05, 0) is 54.7 Å². The van der Waals surface area contributed by atoms with E-state index in [1.165, 1.54) is 11.3 Å². The van der Waals surface area contributed by atoms with Crippen LogP contribution < -0.4 is 10.1 Å². The molecular weight excluding hydrogens is 412 g/mol. The van der Waals surface area contributed by atoms with Crippen molar-refractivity contribution in [1.82, 2.24) is 4.98 Å². The van der Waals surface area contributed by atoms with E-state index < -0.39 is 0 Å². The Morgan fingerprint density at radius 3 is 2.71 bits per heavy atom. The molecule has 1 N–H and O–H groups in total. The first-order valence-corrected chi connectivity index (χ1v) is 11.3. The smallest absolute Gasteiger partial charge is 0.338 e. The molecule has 2 aromatic carbocycles. The van der Waals surface area contributed by atoms with Crippen LogP contribution >= 0.6 is 11.3 Å². The lowest BCUT2D eigenvalue weighted by Crippen LogP contribution is -2.20. The van der Waals surface area contributed by atoms with Crippen LogP contribution in [-0.2, 0) is 9.53 Å². The number of carbonyl (C=O) groups excluding carboxylic acids is 2. The molecule has 0 atom stereocenters. The van der Waals surface area contributed by atoms with Crippen LogP contribution in [0, 0.1) is 6.92 Å². The Hall–Kier alpha value is -2.93. The summed E-state index contributed by atoms with van der Waals surface area (Å²) in [7, 11) is 0. The maximum atomic E-state index is 12.4. The zero-order valence-electron chi connectivity index (χ0n) is 18.4. The quantitative estimate of drug-likeness (QED) is 0.341. The molecule has 6 nitrogen and oxygen atoms in total. The van der Waals surface area contributed by atoms with Crippen LogP contribution in [0.2, 0.25) is 0 Å². The number of aromatic nitrogens is 1. The number of benzene rings is 2. The van der Waals surface area contributed by atoms with E-state index in [-0.39, 0.29) is 18.5 Å². The Balaban J connectivity index is 1.63. The van der Waals surface area contributed by atoms with Gasteiger partial charge in [-0.3, -0.25) is 10.1 Å². The number of thiazole rings is 1. The molecule has 31 heavy (non-hydrogen) atoms. The van der Waals surface area contributed by atoms with Crippen molar-refractivity contribution >= 4 is 38.6 Å². The van der Waals surface area contributed by atoms with Crippen LogP contribution in [0.5, 0.6) is 5.75 Å². The number of fused-ring (bicyclic) bond motifs is 1. The number of ether oxygens (including phenoxy) is 2. The molecule has 0 radical (unpaired) electrons. The number of hydrogen-bond acceptors (Lipinski definition) is 6. The van der Waals surface area contributed by atoms with Gasteiger partial charge in [0.25, 0.3) is 5.91 Å². The Morgan fingerprint density at radius 2 is 1.97 bits per heavy atom. The Labute approximate surface area is 186 Å². The number of nitrogens with zero attached hydrogens (tertiary/aromatic N) is 1. The van der Waals surface area contributed by atoms with Gasteiger partial charge in [0.2, 0.25) is 0 Å². The molecule has 3 aromatic rings. The van der Waals surface area contributed by atoms with Gasteiger partial charge in [-0.25, -0.2) is 9.78 Å². The lowest BCUT2D eigenvalue weighted by Gasteiger charge is -2.14. The fourth-order valence-electron chi connectivity index (χ4n) is 3.04. The Morgan fingerprint density at radius 1 is 1.16 bits per heavy atom. The van der Waals surface area contributed by atoms with Gasteiger partial charge in [0, 0.05) is 0 Å². The predicted octanol–water partition coefficient (Wildman–Crippen LogP) is 5.70. The third kappa shape index (κ3) is 6.04. The van der Waals surface area contributed by atoms with Gasteiger partial charge in [0.05, 0.1) is 22.4 Å². The van der Waals surface area contributed by atoms with Gasteiger partial charge in [-0.2, -0.15) is 0 Å². The van der Waals surface area contributed by atoms with Gasteiger partial charge in [0.1, 0.15) is 5.75 Å². The fourth-order valence-corrected chi connectivity index (χ4v) is 3.96. The molecule has 164 valence electrons. The molecular formula is C24H28N2O4S. The van der Waals surface area contributed by atoms with Crippen molar-refractivity contribution in [3.8, 4) is 5.75 Å². The molecule has 3 rings (SSSR count). The van der Waals surface area contributed by atoms with Crippen LogP contribution in [0.25, 0.3) is 10.2 Å². The molecule has 0 aliphatic rings. The summed E-state index contributed by atoms with van der Waals surface area (Å²) >= 11 is 1.31. The van der Waals surface area contributed by atoms with E-state index in [0.717, 1.165) is 34.4 Å². The normalized spacial score (nSPS) is 11.0. The summed E-state index contributed by atoms with van der Waals surface area (Å²) in [4.78, 5) is 29.0. The lowest BCUT2D eigenvalue weighted by atomic mass is 10.0. The minimum atomic E-state index is -0.346. The molecule has 1 amide bonds. The maximum Gasteiger partial charge on any atom is 0.338 e. The van der Waals surface area contributed by atoms with Crippen LogP contribution in [-0.4, -0.2) is 30.1 Å². The summed E-state index contributed by atoms with van der Waals surface area (Å²) in [5.41, 5.74) is 3.34. The van der Waals surface area contributed by atoms with Crippen molar-refractivity contribution in [3.05, 3.63) is 53.1 Å². The van der Waals surface area contributed by atoms with Crippen molar-refractivity contribution in [3.63, 3.8) is 0 Å². The first kappa shape index (κ1) is 22.7. The topological polar surface area (TPSA) is 77.5 Å². The van der Waals surface area contributed by atoms with E-state index >= 15 is 0 Å². The van der Waals surface area contributed by atoms with E-state index in [2.05, 4.69) is 24.1 Å². The molecule has 0 spiro atoms. The Kier molecular flexibility index (Phi) is 7.63. The molecule has 0 saturated carbocycles. The van der Waals surface area contributed by atoms with E-state index in [0.29, 0.717) is 28.7 Å². The number of esters is 1. The van der Waals surface area contributed by atoms with Crippen LogP contribution in [0.1, 0.15) is 61.0 Å². The monoisotopic (exact) mass is 440 g/mol. The number of aryl methyl sites for hydroxylation is 1. The second kappa shape index (κ2) is 10.4. The standard InChI is InChI=1S/C24H28N2O4S/c1-5-6-11-29-23(28)17-8-10-19-21(13-17)31-24(25-19)26-22(27)14-30-20-12-16(4)7-9-18(20)15(2)3/h7-10,12-13,15H,5-6,11,14H2,1-4H3,(H,25,26,27). The molecule has 7 heteroatoms. The summed E-state index contributed by atoms with van der Waals surface area (Å²) in [6, 6.07) is 11.2. The number of rotatable bonds is 9. The van der Waals surface area contributed by atoms with Gasteiger partial charge in [-0.1, -0.05) is 50.7 Å². The lowest BCUT2D eigenvalue weighted by molar-refractivity contribution is -0.118. The van der Waals surface area contributed by atoms with Crippen LogP contribution in [0.3, 0.4) is 0 Å². The van der Waals surface area contributed by atoms with Crippen molar-refractivity contribution in [2.24, 2.45) is 0 Å². The molecule has 0 bridgehead atoms. The van der Waals surface area contributed by atoms with Gasteiger partial charge >= 0.3 is 5.97 Å². The van der Waals surface area contributed by atoms with Gasteiger partial charge < -0.3 is 9.47 Å². The summed E-state index contributed by atoms with van der Waals surface area (Å²) in [5.74, 6) is 0.391. The summed E-state index contributed by atoms with van der Waals surface area (Å²) in [6.45, 7) is 8.53. The second-order valence-electron chi connectivity index (χ2n) is 7.72. The van der Waals surface area contributed by atoms with Crippen molar-refractivity contribution < 1.29 is 19.1 Å². The van der Waals surface area contributed by atoms with Gasteiger partial charge in [0.15, 0.2) is 11.7 Å².